The number of nitrogens with zero attached hydrogens (tertiary/aromatic N) is 3. The van der Waals surface area contributed by atoms with Gasteiger partial charge in [-0.1, -0.05) is 0 Å². The van der Waals surface area contributed by atoms with Gasteiger partial charge in [0.05, 0.1) is 9.62 Å². The molecule has 130 valence electrons. The van der Waals surface area contributed by atoms with E-state index in [0.29, 0.717) is 0 Å². The summed E-state index contributed by atoms with van der Waals surface area (Å²) in [5, 5.41) is 15.1. The number of pyridine rings is 1. The molecule has 0 radical (unpaired) electrons. The Labute approximate surface area is 157 Å². The van der Waals surface area contributed by atoms with Gasteiger partial charge in [0, 0.05) is 40.4 Å². The number of aromatic nitrogens is 2. The van der Waals surface area contributed by atoms with E-state index in [1.807, 2.05) is 6.20 Å². The Morgan fingerprint density at radius 2 is 2.16 bits per heavy atom. The largest absolute Gasteiger partial charge is 0.369 e. The average Bonchev–Trinajstić information content (AvgIpc) is 2.98. The van der Waals surface area contributed by atoms with Gasteiger partial charge in [0.1, 0.15) is 5.82 Å². The van der Waals surface area contributed by atoms with E-state index in [2.05, 4.69) is 43.6 Å². The Balaban J connectivity index is 1.52. The van der Waals surface area contributed by atoms with E-state index >= 15 is 0 Å². The molecular weight excluding hydrogens is 404 g/mol. The van der Waals surface area contributed by atoms with Crippen LogP contribution < -0.4 is 5.32 Å². The third-order valence-corrected chi connectivity index (χ3v) is 5.19. The number of aryl methyl sites for hydroxylation is 2. The minimum atomic E-state index is -0.385. The van der Waals surface area contributed by atoms with Crippen LogP contribution in [0.25, 0.3) is 10.1 Å². The molecule has 1 aromatic carbocycles. The summed E-state index contributed by atoms with van der Waals surface area (Å²) in [6, 6.07) is 6.93. The molecule has 0 aliphatic carbocycles. The lowest BCUT2D eigenvalue weighted by atomic mass is 10.1. The van der Waals surface area contributed by atoms with Gasteiger partial charge < -0.3 is 5.32 Å². The summed E-state index contributed by atoms with van der Waals surface area (Å²) in [5.74, 6) is 0.799. The molecule has 8 heteroatoms. The summed E-state index contributed by atoms with van der Waals surface area (Å²) >= 11 is 4.71. The highest BCUT2D eigenvalue weighted by molar-refractivity contribution is 9.10. The fourth-order valence-electron chi connectivity index (χ4n) is 2.62. The predicted molar refractivity (Wildman–Crippen MR) is 104 cm³/mol. The van der Waals surface area contributed by atoms with Crippen molar-refractivity contribution in [3.8, 4) is 0 Å². The van der Waals surface area contributed by atoms with E-state index in [-0.39, 0.29) is 10.6 Å². The first kappa shape index (κ1) is 17.8. The predicted octanol–water partition coefficient (Wildman–Crippen LogP) is 5.11. The van der Waals surface area contributed by atoms with Gasteiger partial charge in [-0.25, -0.2) is 0 Å². The standard InChI is InChI=1S/C17H17BrN4O2S/c1-11-8-12(18)10-20-15(11)4-2-3-7-19-17-14-6-5-13(22(23)24)9-16(14)25-21-17/h5-6,8-10H,2-4,7H2,1H3,(H,19,21). The van der Waals surface area contributed by atoms with Crippen LogP contribution in [0.1, 0.15) is 24.1 Å². The fourth-order valence-corrected chi connectivity index (χ4v) is 3.86. The second kappa shape index (κ2) is 7.88. The molecule has 0 aliphatic rings. The Morgan fingerprint density at radius 3 is 2.92 bits per heavy atom. The molecular formula is C17H17BrN4O2S. The number of non-ortho nitro benzene ring substituents is 1. The number of nitrogens with one attached hydrogen (secondary N) is 1. The van der Waals surface area contributed by atoms with Crippen molar-refractivity contribution in [1.82, 2.24) is 9.36 Å². The molecule has 0 atom stereocenters. The van der Waals surface area contributed by atoms with Crippen LogP contribution in [0, 0.1) is 17.0 Å². The Morgan fingerprint density at radius 1 is 1.32 bits per heavy atom. The van der Waals surface area contributed by atoms with E-state index in [1.54, 1.807) is 12.1 Å². The van der Waals surface area contributed by atoms with Crippen LogP contribution in [0.4, 0.5) is 11.5 Å². The quantitative estimate of drug-likeness (QED) is 0.326. The van der Waals surface area contributed by atoms with Crippen molar-refractivity contribution in [3.63, 3.8) is 0 Å². The van der Waals surface area contributed by atoms with Crippen molar-refractivity contribution in [2.75, 3.05) is 11.9 Å². The zero-order chi connectivity index (χ0) is 17.8. The number of anilines is 1. The van der Waals surface area contributed by atoms with Gasteiger partial charge in [0.25, 0.3) is 5.69 Å². The van der Waals surface area contributed by atoms with Crippen molar-refractivity contribution in [1.29, 1.82) is 0 Å². The molecule has 3 aromatic rings. The van der Waals surface area contributed by atoms with Crippen LogP contribution >= 0.6 is 27.5 Å². The monoisotopic (exact) mass is 420 g/mol. The van der Waals surface area contributed by atoms with Crippen LogP contribution in [0.15, 0.2) is 34.9 Å². The number of halogens is 1. The van der Waals surface area contributed by atoms with Gasteiger partial charge in [-0.15, -0.1) is 0 Å². The third-order valence-electron chi connectivity index (χ3n) is 3.95. The maximum atomic E-state index is 10.8. The number of fused-ring (bicyclic) bond motifs is 1. The molecule has 0 bridgehead atoms. The summed E-state index contributed by atoms with van der Waals surface area (Å²) in [7, 11) is 0. The molecule has 2 heterocycles. The zero-order valence-corrected chi connectivity index (χ0v) is 16.1. The molecule has 0 saturated carbocycles. The minimum absolute atomic E-state index is 0.0973. The maximum absolute atomic E-state index is 10.8. The molecule has 25 heavy (non-hydrogen) atoms. The van der Waals surface area contributed by atoms with Gasteiger partial charge >= 0.3 is 0 Å². The number of benzene rings is 1. The lowest BCUT2D eigenvalue weighted by Crippen LogP contribution is -2.03. The van der Waals surface area contributed by atoms with Crippen molar-refractivity contribution < 1.29 is 4.92 Å². The minimum Gasteiger partial charge on any atom is -0.369 e. The maximum Gasteiger partial charge on any atom is 0.270 e. The van der Waals surface area contributed by atoms with Crippen LogP contribution in [0.5, 0.6) is 0 Å². The molecule has 0 fully saturated rings. The van der Waals surface area contributed by atoms with Crippen molar-refractivity contribution in [3.05, 3.63) is 56.3 Å². The molecule has 0 saturated heterocycles. The van der Waals surface area contributed by atoms with Crippen molar-refractivity contribution in [2.24, 2.45) is 0 Å². The lowest BCUT2D eigenvalue weighted by Gasteiger charge is -2.06. The number of rotatable bonds is 7. The van der Waals surface area contributed by atoms with Crippen LogP contribution in [0.3, 0.4) is 0 Å². The molecule has 2 aromatic heterocycles. The fraction of sp³-hybridized carbons (Fsp3) is 0.294. The number of nitro groups is 1. The number of hydrogen-bond acceptors (Lipinski definition) is 6. The van der Waals surface area contributed by atoms with Crippen molar-refractivity contribution in [2.45, 2.75) is 26.2 Å². The van der Waals surface area contributed by atoms with Crippen LogP contribution in [-0.4, -0.2) is 20.8 Å². The zero-order valence-electron chi connectivity index (χ0n) is 13.7. The summed E-state index contributed by atoms with van der Waals surface area (Å²) in [4.78, 5) is 14.9. The second-order valence-corrected chi connectivity index (χ2v) is 7.49. The van der Waals surface area contributed by atoms with Gasteiger partial charge in [0.2, 0.25) is 0 Å². The second-order valence-electron chi connectivity index (χ2n) is 5.77. The molecule has 0 spiro atoms. The Hall–Kier alpha value is -2.06. The first-order chi connectivity index (χ1) is 12.0. The molecule has 0 amide bonds. The average molecular weight is 421 g/mol. The van der Waals surface area contributed by atoms with E-state index in [4.69, 9.17) is 0 Å². The molecule has 6 nitrogen and oxygen atoms in total. The van der Waals surface area contributed by atoms with Gasteiger partial charge in [-0.3, -0.25) is 15.1 Å². The van der Waals surface area contributed by atoms with Gasteiger partial charge in [-0.2, -0.15) is 4.37 Å². The van der Waals surface area contributed by atoms with Crippen molar-refractivity contribution >= 4 is 49.1 Å². The topological polar surface area (TPSA) is 81.0 Å². The number of unbranched alkanes of at least 4 members (excludes halogenated alkanes) is 1. The van der Waals surface area contributed by atoms with E-state index in [1.165, 1.54) is 23.2 Å². The van der Waals surface area contributed by atoms with E-state index in [9.17, 15) is 10.1 Å². The van der Waals surface area contributed by atoms with Crippen LogP contribution in [0.2, 0.25) is 0 Å². The highest BCUT2D eigenvalue weighted by atomic mass is 79.9. The van der Waals surface area contributed by atoms with E-state index < -0.39 is 0 Å². The number of hydrogen-bond donors (Lipinski definition) is 1. The van der Waals surface area contributed by atoms with Gasteiger partial charge in [0.15, 0.2) is 0 Å². The van der Waals surface area contributed by atoms with Gasteiger partial charge in [-0.05, 0) is 71.3 Å². The molecule has 1 N–H and O–H groups in total. The molecule has 0 aliphatic heterocycles. The SMILES string of the molecule is Cc1cc(Br)cnc1CCCCNc1nsc2cc([N+](=O)[O-])ccc12. The smallest absolute Gasteiger partial charge is 0.270 e. The summed E-state index contributed by atoms with van der Waals surface area (Å²) < 4.78 is 6.20. The highest BCUT2D eigenvalue weighted by Gasteiger charge is 2.11. The molecule has 3 rings (SSSR count). The summed E-state index contributed by atoms with van der Waals surface area (Å²) in [6.07, 6.45) is 4.82. The number of nitro benzene ring substituents is 1. The first-order valence-corrected chi connectivity index (χ1v) is 9.50. The van der Waals surface area contributed by atoms with E-state index in [0.717, 1.165) is 51.9 Å². The lowest BCUT2D eigenvalue weighted by molar-refractivity contribution is -0.384. The highest BCUT2D eigenvalue weighted by Crippen LogP contribution is 2.30. The first-order valence-electron chi connectivity index (χ1n) is 7.93. The third kappa shape index (κ3) is 4.32. The Kier molecular flexibility index (Phi) is 5.60. The normalized spacial score (nSPS) is 11.0. The summed E-state index contributed by atoms with van der Waals surface area (Å²) in [5.41, 5.74) is 2.43. The molecule has 0 unspecified atom stereocenters. The Bertz CT molecular complexity index is 913. The summed E-state index contributed by atoms with van der Waals surface area (Å²) in [6.45, 7) is 2.89. The van der Waals surface area contributed by atoms with Crippen LogP contribution in [-0.2, 0) is 6.42 Å².